The zero-order valence-corrected chi connectivity index (χ0v) is 23.0. The molecule has 196 valence electrons. The predicted octanol–water partition coefficient (Wildman–Crippen LogP) is 6.97. The van der Waals surface area contributed by atoms with E-state index in [2.05, 4.69) is 36.2 Å². The maximum Gasteiger partial charge on any atom is 0.266 e. The van der Waals surface area contributed by atoms with Gasteiger partial charge in [-0.05, 0) is 81.4 Å². The summed E-state index contributed by atoms with van der Waals surface area (Å²) in [6.45, 7) is 6.30. The molecule has 0 spiro atoms. The van der Waals surface area contributed by atoms with E-state index in [9.17, 15) is 9.59 Å². The molecule has 0 bridgehead atoms. The first-order valence-electron chi connectivity index (χ1n) is 12.9. The fourth-order valence-corrected chi connectivity index (χ4v) is 5.31. The molecule has 0 aliphatic carbocycles. The van der Waals surface area contributed by atoms with E-state index in [4.69, 9.17) is 4.98 Å². The van der Waals surface area contributed by atoms with Crippen LogP contribution < -0.4 is 15.8 Å². The first-order chi connectivity index (χ1) is 18.9. The molecule has 1 heterocycles. The summed E-state index contributed by atoms with van der Waals surface area (Å²) >= 11 is 1.24. The summed E-state index contributed by atoms with van der Waals surface area (Å²) in [6.07, 6.45) is 0. The van der Waals surface area contributed by atoms with Crippen molar-refractivity contribution in [2.24, 2.45) is 0 Å². The molecule has 0 saturated carbocycles. The Labute approximate surface area is 232 Å². The van der Waals surface area contributed by atoms with E-state index in [1.165, 1.54) is 11.8 Å². The van der Waals surface area contributed by atoms with Crippen LogP contribution in [0.2, 0.25) is 0 Å². The van der Waals surface area contributed by atoms with Gasteiger partial charge in [-0.1, -0.05) is 59.8 Å². The zero-order chi connectivity index (χ0) is 27.4. The second kappa shape index (κ2) is 11.6. The topological polar surface area (TPSA) is 67.2 Å². The quantitative estimate of drug-likeness (QED) is 0.172. The van der Waals surface area contributed by atoms with E-state index in [0.717, 1.165) is 22.6 Å². The molecule has 0 atom stereocenters. The summed E-state index contributed by atoms with van der Waals surface area (Å²) in [6, 6.07) is 33.3. The van der Waals surface area contributed by atoms with Crippen LogP contribution in [0.15, 0.2) is 113 Å². The number of fused-ring (bicyclic) bond motifs is 1. The van der Waals surface area contributed by atoms with Gasteiger partial charge in [0.1, 0.15) is 0 Å². The maximum absolute atomic E-state index is 13.4. The Kier molecular flexibility index (Phi) is 7.79. The highest BCUT2D eigenvalue weighted by atomic mass is 32.2. The summed E-state index contributed by atoms with van der Waals surface area (Å²) in [4.78, 5) is 33.3. The minimum atomic E-state index is -0.172. The lowest BCUT2D eigenvalue weighted by Gasteiger charge is -2.29. The van der Waals surface area contributed by atoms with Crippen LogP contribution in [0.5, 0.6) is 0 Å². The molecule has 7 heteroatoms. The Balaban J connectivity index is 1.34. The number of aromatic nitrogens is 2. The third-order valence-corrected chi connectivity index (χ3v) is 7.29. The molecule has 4 aromatic carbocycles. The number of nitrogens with one attached hydrogen (secondary N) is 1. The molecule has 0 aliphatic rings. The highest BCUT2D eigenvalue weighted by Gasteiger charge is 2.16. The molecule has 1 N–H and O–H groups in total. The van der Waals surface area contributed by atoms with Gasteiger partial charge < -0.3 is 10.2 Å². The number of hydrogen-bond acceptors (Lipinski definition) is 5. The van der Waals surface area contributed by atoms with Gasteiger partial charge in [0.05, 0.1) is 22.3 Å². The van der Waals surface area contributed by atoms with Gasteiger partial charge in [0.25, 0.3) is 5.56 Å². The normalized spacial score (nSPS) is 11.1. The zero-order valence-electron chi connectivity index (χ0n) is 22.2. The standard InChI is InChI=1S/C32H30N4O2S/c1-22(2)35(25-9-5-4-6-10-25)26-19-15-24(16-20-26)33-30(37)21-39-32-34-29-12-8-7-11-28(29)31(38)36(32)27-17-13-23(3)14-18-27/h4-20,22H,21H2,1-3H3,(H,33,37). The van der Waals surface area contributed by atoms with Crippen LogP contribution in [0.1, 0.15) is 19.4 Å². The van der Waals surface area contributed by atoms with Crippen LogP contribution in [0, 0.1) is 6.92 Å². The summed E-state index contributed by atoms with van der Waals surface area (Å²) in [5.74, 6) is -0.0602. The van der Waals surface area contributed by atoms with Crippen molar-refractivity contribution in [1.82, 2.24) is 9.55 Å². The Bertz CT molecular complexity index is 1650. The molecule has 39 heavy (non-hydrogen) atoms. The van der Waals surface area contributed by atoms with Crippen LogP contribution in [-0.4, -0.2) is 27.3 Å². The number of carbonyl (C=O) groups excluding carboxylic acids is 1. The lowest BCUT2D eigenvalue weighted by molar-refractivity contribution is -0.113. The number of aryl methyl sites for hydroxylation is 1. The number of carbonyl (C=O) groups is 1. The van der Waals surface area contributed by atoms with Gasteiger partial charge >= 0.3 is 0 Å². The van der Waals surface area contributed by atoms with E-state index in [1.807, 2.05) is 91.9 Å². The van der Waals surface area contributed by atoms with Crippen molar-refractivity contribution in [3.8, 4) is 5.69 Å². The smallest absolute Gasteiger partial charge is 0.266 e. The van der Waals surface area contributed by atoms with Gasteiger partial charge in [0, 0.05) is 23.1 Å². The monoisotopic (exact) mass is 534 g/mol. The molecule has 0 radical (unpaired) electrons. The Hall–Kier alpha value is -4.36. The summed E-state index contributed by atoms with van der Waals surface area (Å²) in [5, 5.41) is 3.99. The van der Waals surface area contributed by atoms with Crippen molar-refractivity contribution in [2.45, 2.75) is 32.0 Å². The van der Waals surface area contributed by atoms with Gasteiger partial charge in [-0.15, -0.1) is 0 Å². The number of benzene rings is 4. The molecule has 1 amide bonds. The molecule has 0 unspecified atom stereocenters. The van der Waals surface area contributed by atoms with E-state index >= 15 is 0 Å². The lowest BCUT2D eigenvalue weighted by atomic mass is 10.2. The van der Waals surface area contributed by atoms with Crippen LogP contribution in [0.3, 0.4) is 0 Å². The van der Waals surface area contributed by atoms with Crippen molar-refractivity contribution >= 4 is 45.6 Å². The minimum absolute atomic E-state index is 0.112. The number of amides is 1. The molecule has 5 aromatic rings. The predicted molar refractivity (Wildman–Crippen MR) is 162 cm³/mol. The SMILES string of the molecule is Cc1ccc(-n2c(SCC(=O)Nc3ccc(N(c4ccccc4)C(C)C)cc3)nc3ccccc3c2=O)cc1. The average Bonchev–Trinajstić information content (AvgIpc) is 2.94. The highest BCUT2D eigenvalue weighted by molar-refractivity contribution is 7.99. The maximum atomic E-state index is 13.4. The van der Waals surface area contributed by atoms with Crippen LogP contribution in [0.25, 0.3) is 16.6 Å². The molecular weight excluding hydrogens is 504 g/mol. The molecule has 0 aliphatic heterocycles. The number of nitrogens with zero attached hydrogens (tertiary/aromatic N) is 3. The fourth-order valence-electron chi connectivity index (χ4n) is 4.50. The van der Waals surface area contributed by atoms with Gasteiger partial charge in [0.15, 0.2) is 5.16 Å². The number of rotatable bonds is 8. The fraction of sp³-hybridized carbons (Fsp3) is 0.156. The third kappa shape index (κ3) is 5.89. The molecule has 5 rings (SSSR count). The number of thioether (sulfide) groups is 1. The lowest BCUT2D eigenvalue weighted by Crippen LogP contribution is -2.25. The van der Waals surface area contributed by atoms with Crippen molar-refractivity contribution < 1.29 is 4.79 Å². The third-order valence-electron chi connectivity index (χ3n) is 6.35. The van der Waals surface area contributed by atoms with Crippen molar-refractivity contribution in [3.63, 3.8) is 0 Å². The van der Waals surface area contributed by atoms with Gasteiger partial charge in [-0.3, -0.25) is 14.2 Å². The summed E-state index contributed by atoms with van der Waals surface area (Å²) < 4.78 is 1.58. The van der Waals surface area contributed by atoms with Gasteiger partial charge in [-0.25, -0.2) is 4.98 Å². The Morgan fingerprint density at radius 3 is 2.21 bits per heavy atom. The van der Waals surface area contributed by atoms with Crippen molar-refractivity contribution in [1.29, 1.82) is 0 Å². The number of hydrogen-bond donors (Lipinski definition) is 1. The second-order valence-electron chi connectivity index (χ2n) is 9.57. The van der Waals surface area contributed by atoms with E-state index in [0.29, 0.717) is 21.7 Å². The van der Waals surface area contributed by atoms with Gasteiger partial charge in [-0.2, -0.15) is 0 Å². The van der Waals surface area contributed by atoms with Crippen LogP contribution in [-0.2, 0) is 4.79 Å². The van der Waals surface area contributed by atoms with Crippen molar-refractivity contribution in [2.75, 3.05) is 16.0 Å². The molecular formula is C32H30N4O2S. The van der Waals surface area contributed by atoms with E-state index in [-0.39, 0.29) is 23.3 Å². The Morgan fingerprint density at radius 1 is 0.872 bits per heavy atom. The Morgan fingerprint density at radius 2 is 1.51 bits per heavy atom. The largest absolute Gasteiger partial charge is 0.339 e. The van der Waals surface area contributed by atoms with Crippen LogP contribution >= 0.6 is 11.8 Å². The molecule has 1 aromatic heterocycles. The highest BCUT2D eigenvalue weighted by Crippen LogP contribution is 2.29. The number of para-hydroxylation sites is 2. The van der Waals surface area contributed by atoms with Gasteiger partial charge in [0.2, 0.25) is 5.91 Å². The number of anilines is 3. The average molecular weight is 535 g/mol. The summed E-state index contributed by atoms with van der Waals surface area (Å²) in [5.41, 5.74) is 5.14. The van der Waals surface area contributed by atoms with E-state index < -0.39 is 0 Å². The summed E-state index contributed by atoms with van der Waals surface area (Å²) in [7, 11) is 0. The minimum Gasteiger partial charge on any atom is -0.339 e. The molecule has 0 saturated heterocycles. The van der Waals surface area contributed by atoms with Crippen LogP contribution in [0.4, 0.5) is 17.1 Å². The first kappa shape index (κ1) is 26.3. The molecule has 6 nitrogen and oxygen atoms in total. The molecule has 0 fully saturated rings. The van der Waals surface area contributed by atoms with Crippen molar-refractivity contribution in [3.05, 3.63) is 119 Å². The first-order valence-corrected chi connectivity index (χ1v) is 13.8. The van der Waals surface area contributed by atoms with E-state index in [1.54, 1.807) is 10.6 Å². The second-order valence-corrected chi connectivity index (χ2v) is 10.5.